The lowest BCUT2D eigenvalue weighted by Crippen LogP contribution is -2.50. The van der Waals surface area contributed by atoms with Gasteiger partial charge in [0.05, 0.1) is 9.65 Å². The lowest BCUT2D eigenvalue weighted by Gasteiger charge is -2.45. The molecule has 0 aromatic carbocycles. The molecule has 0 saturated carbocycles. The number of ether oxygens (including phenoxy) is 2. The zero-order valence-electron chi connectivity index (χ0n) is 31.8. The molecule has 0 amide bonds. The van der Waals surface area contributed by atoms with Crippen molar-refractivity contribution < 1.29 is 31.9 Å². The molecule has 0 saturated heterocycles. The van der Waals surface area contributed by atoms with Crippen LogP contribution in [0.15, 0.2) is 47.0 Å². The monoisotopic (exact) mass is 838 g/mol. The molecule has 0 bridgehead atoms. The Hall–Kier alpha value is -0.596. The average Bonchev–Trinajstić information content (AvgIpc) is 2.98. The zero-order chi connectivity index (χ0) is 37.0. The number of halogens is 4. The van der Waals surface area contributed by atoms with Gasteiger partial charge in [-0.15, -0.1) is 0 Å². The van der Waals surface area contributed by atoms with Crippen LogP contribution in [0.4, 0.5) is 8.78 Å². The van der Waals surface area contributed by atoms with Crippen molar-refractivity contribution in [2.24, 2.45) is 0 Å². The van der Waals surface area contributed by atoms with Crippen molar-refractivity contribution in [3.8, 4) is 0 Å². The molecule has 0 radical (unpaired) electrons. The Balaban J connectivity index is 2.25. The highest BCUT2D eigenvalue weighted by atomic mass is 79.9. The highest BCUT2D eigenvalue weighted by molar-refractivity contribution is 9.10. The van der Waals surface area contributed by atoms with Crippen molar-refractivity contribution in [3.05, 3.63) is 47.0 Å². The summed E-state index contributed by atoms with van der Waals surface area (Å²) in [6.07, 6.45) is 7.64. The van der Waals surface area contributed by atoms with E-state index >= 15 is 8.78 Å². The van der Waals surface area contributed by atoms with Gasteiger partial charge in [-0.3, -0.25) is 4.79 Å². The van der Waals surface area contributed by atoms with Crippen LogP contribution in [0.1, 0.15) is 109 Å². The second-order valence-electron chi connectivity index (χ2n) is 15.5. The van der Waals surface area contributed by atoms with Gasteiger partial charge in [0.15, 0.2) is 5.78 Å². The van der Waals surface area contributed by atoms with Crippen LogP contribution in [-0.4, -0.2) is 58.0 Å². The SMILES string of the molecule is COC1(F)CC(CC(Br)C(=O)C(Br)CC2=CC=C(O[Si](C(C)C)(C(C)C)C(C)C)C(F)(OC)C2)=CC=C1O[Si](C(C)C)(C(C)C)C(C)C. The number of ketones is 1. The van der Waals surface area contributed by atoms with Crippen LogP contribution in [0.25, 0.3) is 0 Å². The molecule has 5 nitrogen and oxygen atoms in total. The van der Waals surface area contributed by atoms with Gasteiger partial charge in [0, 0.05) is 27.1 Å². The van der Waals surface area contributed by atoms with E-state index in [1.165, 1.54) is 14.2 Å². The molecule has 11 heteroatoms. The van der Waals surface area contributed by atoms with Gasteiger partial charge in [-0.05, 0) is 58.2 Å². The maximum absolute atomic E-state index is 16.4. The highest BCUT2D eigenvalue weighted by Gasteiger charge is 2.53. The Morgan fingerprint density at radius 1 is 0.625 bits per heavy atom. The minimum absolute atomic E-state index is 0.0265. The number of hydrogen-bond acceptors (Lipinski definition) is 5. The number of hydrogen-bond donors (Lipinski definition) is 0. The van der Waals surface area contributed by atoms with Gasteiger partial charge in [0.2, 0.25) is 0 Å². The second-order valence-corrected chi connectivity index (χ2v) is 28.5. The molecular weight excluding hydrogens is 778 g/mol. The summed E-state index contributed by atoms with van der Waals surface area (Å²) in [4.78, 5) is 12.4. The minimum atomic E-state index is -2.41. The van der Waals surface area contributed by atoms with Gasteiger partial charge in [0.25, 0.3) is 28.3 Å². The fourth-order valence-electron chi connectivity index (χ4n) is 8.30. The smallest absolute Gasteiger partial charge is 0.269 e. The number of allylic oxidation sites excluding steroid dienone is 4. The molecule has 0 heterocycles. The van der Waals surface area contributed by atoms with E-state index in [2.05, 4.69) is 115 Å². The molecule has 0 fully saturated rings. The normalized spacial score (nSPS) is 23.8. The Kier molecular flexibility index (Phi) is 15.7. The Morgan fingerprint density at radius 2 is 0.896 bits per heavy atom. The molecule has 2 rings (SSSR count). The lowest BCUT2D eigenvalue weighted by molar-refractivity contribution is -0.119. The van der Waals surface area contributed by atoms with E-state index in [4.69, 9.17) is 18.3 Å². The molecule has 0 N–H and O–H groups in total. The topological polar surface area (TPSA) is 54.0 Å². The predicted molar refractivity (Wildman–Crippen MR) is 207 cm³/mol. The van der Waals surface area contributed by atoms with Crippen molar-refractivity contribution in [3.63, 3.8) is 0 Å². The molecule has 2 aliphatic rings. The third-order valence-corrected chi connectivity index (χ3v) is 24.2. The molecule has 276 valence electrons. The van der Waals surface area contributed by atoms with Crippen LogP contribution in [0, 0.1) is 0 Å². The Bertz CT molecular complexity index is 1110. The van der Waals surface area contributed by atoms with Gasteiger partial charge in [-0.25, -0.2) is 8.78 Å². The first kappa shape index (κ1) is 43.6. The largest absolute Gasteiger partial charge is 0.542 e. The molecule has 4 atom stereocenters. The van der Waals surface area contributed by atoms with Crippen LogP contribution in [0.5, 0.6) is 0 Å². The first-order chi connectivity index (χ1) is 22.1. The summed E-state index contributed by atoms with van der Waals surface area (Å²) in [5.74, 6) is -3.90. The summed E-state index contributed by atoms with van der Waals surface area (Å²) in [7, 11) is -2.10. The number of alkyl halides is 4. The standard InChI is InChI=1S/C37H62Br2F2O5Si2/c1-23(2)47(24(3)4,25(5)6)45-33-17-15-29(21-36(33,40)43-13)19-31(38)35(42)32(39)20-30-16-18-34(37(41,22-30)44-14)46-48(26(7)8,27(9)10)28(11)12/h15-18,23-28,31-32H,19-22H2,1-14H3. The van der Waals surface area contributed by atoms with E-state index in [1.807, 2.05) is 12.2 Å². The molecule has 0 spiro atoms. The first-order valence-electron chi connectivity index (χ1n) is 17.6. The van der Waals surface area contributed by atoms with Gasteiger partial charge in [-0.1, -0.05) is 138 Å². The average molecular weight is 841 g/mol. The van der Waals surface area contributed by atoms with Crippen LogP contribution in [0.2, 0.25) is 33.2 Å². The number of methoxy groups -OCH3 is 2. The van der Waals surface area contributed by atoms with E-state index in [1.54, 1.807) is 12.2 Å². The van der Waals surface area contributed by atoms with E-state index in [9.17, 15) is 4.79 Å². The van der Waals surface area contributed by atoms with Crippen LogP contribution >= 0.6 is 31.9 Å². The highest BCUT2D eigenvalue weighted by Crippen LogP contribution is 2.49. The van der Waals surface area contributed by atoms with Crippen molar-refractivity contribution in [2.75, 3.05) is 14.2 Å². The summed E-state index contributed by atoms with van der Waals surface area (Å²) in [5.41, 5.74) is 3.15. The van der Waals surface area contributed by atoms with Crippen molar-refractivity contribution >= 4 is 54.3 Å². The maximum atomic E-state index is 16.4. The molecular formula is C37H62Br2F2O5Si2. The van der Waals surface area contributed by atoms with Crippen LogP contribution < -0.4 is 0 Å². The third-order valence-electron chi connectivity index (χ3n) is 10.7. The first-order valence-corrected chi connectivity index (χ1v) is 23.7. The fraction of sp³-hybridized carbons (Fsp3) is 0.757. The Labute approximate surface area is 309 Å². The lowest BCUT2D eigenvalue weighted by atomic mass is 9.92. The summed E-state index contributed by atoms with van der Waals surface area (Å²) < 4.78 is 57.1. The predicted octanol–water partition coefficient (Wildman–Crippen LogP) is 12.3. The molecule has 0 aromatic rings. The molecule has 48 heavy (non-hydrogen) atoms. The second kappa shape index (κ2) is 17.3. The van der Waals surface area contributed by atoms with Crippen molar-refractivity contribution in [1.29, 1.82) is 0 Å². The van der Waals surface area contributed by atoms with Gasteiger partial charge in [-0.2, -0.15) is 0 Å². The number of carbonyl (C=O) groups excluding carboxylic acids is 1. The maximum Gasteiger partial charge on any atom is 0.269 e. The molecule has 0 aliphatic heterocycles. The molecule has 2 aliphatic carbocycles. The third kappa shape index (κ3) is 9.06. The fourth-order valence-corrected chi connectivity index (χ4v) is 20.7. The van der Waals surface area contributed by atoms with Crippen molar-refractivity contribution in [2.45, 2.75) is 163 Å². The minimum Gasteiger partial charge on any atom is -0.542 e. The Morgan fingerprint density at radius 3 is 1.12 bits per heavy atom. The van der Waals surface area contributed by atoms with Crippen LogP contribution in [0.3, 0.4) is 0 Å². The van der Waals surface area contributed by atoms with Crippen molar-refractivity contribution in [1.82, 2.24) is 0 Å². The number of carbonyl (C=O) groups is 1. The van der Waals surface area contributed by atoms with Gasteiger partial charge >= 0.3 is 0 Å². The molecule has 0 aromatic heterocycles. The van der Waals surface area contributed by atoms with E-state index < -0.39 is 38.0 Å². The number of rotatable bonds is 18. The van der Waals surface area contributed by atoms with Crippen LogP contribution in [-0.2, 0) is 23.1 Å². The van der Waals surface area contributed by atoms with Gasteiger partial charge in [0.1, 0.15) is 11.5 Å². The quantitative estimate of drug-likeness (QED) is 0.102. The van der Waals surface area contributed by atoms with E-state index in [0.29, 0.717) is 12.8 Å². The summed E-state index contributed by atoms with van der Waals surface area (Å²) >= 11 is 7.14. The number of Topliss-reactive ketones (excluding diaryl/α,β-unsaturated/α-hetero) is 1. The zero-order valence-corrected chi connectivity index (χ0v) is 37.0. The summed E-state index contributed by atoms with van der Waals surface area (Å²) in [6, 6.07) is 0. The molecule has 4 unspecified atom stereocenters. The summed E-state index contributed by atoms with van der Waals surface area (Å²) in [5, 5.41) is 0. The van der Waals surface area contributed by atoms with E-state index in [0.717, 1.165) is 11.1 Å². The summed E-state index contributed by atoms with van der Waals surface area (Å²) in [6.45, 7) is 25.9. The van der Waals surface area contributed by atoms with Gasteiger partial charge < -0.3 is 18.3 Å². The van der Waals surface area contributed by atoms with E-state index in [-0.39, 0.29) is 63.4 Å².